The third-order valence-corrected chi connectivity index (χ3v) is 4.91. The smallest absolute Gasteiger partial charge is 0.305 e. The predicted octanol–water partition coefficient (Wildman–Crippen LogP) is 2.77. The van der Waals surface area contributed by atoms with Crippen LogP contribution in [0.2, 0.25) is 0 Å². The number of thioether (sulfide) groups is 1. The van der Waals surface area contributed by atoms with E-state index >= 15 is 0 Å². The van der Waals surface area contributed by atoms with Crippen LogP contribution in [0, 0.1) is 0 Å². The summed E-state index contributed by atoms with van der Waals surface area (Å²) in [6, 6.07) is 9.66. The summed E-state index contributed by atoms with van der Waals surface area (Å²) in [5.41, 5.74) is 0.965. The molecule has 5 nitrogen and oxygen atoms in total. The Kier molecular flexibility index (Phi) is 7.61. The number of benzene rings is 1. The Balaban J connectivity index is 1.81. The molecule has 0 N–H and O–H groups in total. The molecular formula is C18H22N2O3S2. The fourth-order valence-corrected chi connectivity index (χ4v) is 3.50. The number of ether oxygens (including phenoxy) is 1. The Labute approximate surface area is 158 Å². The first-order valence-electron chi connectivity index (χ1n) is 8.08. The zero-order chi connectivity index (χ0) is 18.2. The van der Waals surface area contributed by atoms with Crippen molar-refractivity contribution >= 4 is 46.3 Å². The van der Waals surface area contributed by atoms with Crippen LogP contribution in [-0.2, 0) is 14.3 Å². The molecule has 2 rings (SSSR count). The van der Waals surface area contributed by atoms with Gasteiger partial charge < -0.3 is 9.64 Å². The number of likely N-dealkylation sites (N-methyl/N-ethyl adjacent to an activating group) is 1. The quantitative estimate of drug-likeness (QED) is 0.394. The van der Waals surface area contributed by atoms with Gasteiger partial charge in [-0.2, -0.15) is 0 Å². The first-order chi connectivity index (χ1) is 12.0. The second-order valence-corrected chi connectivity index (χ2v) is 7.55. The Hall–Kier alpha value is -1.70. The number of amides is 1. The molecule has 0 aromatic heterocycles. The minimum atomic E-state index is -0.243. The van der Waals surface area contributed by atoms with E-state index < -0.39 is 0 Å². The van der Waals surface area contributed by atoms with Gasteiger partial charge in [0.1, 0.15) is 10.9 Å². The Morgan fingerprint density at radius 2 is 2.04 bits per heavy atom. The van der Waals surface area contributed by atoms with Crippen LogP contribution >= 0.6 is 24.0 Å². The number of nitrogens with zero attached hydrogens (tertiary/aromatic N) is 2. The molecule has 0 saturated carbocycles. The molecule has 1 amide bonds. The van der Waals surface area contributed by atoms with E-state index in [-0.39, 0.29) is 18.3 Å². The average molecular weight is 379 g/mol. The van der Waals surface area contributed by atoms with E-state index in [9.17, 15) is 9.59 Å². The van der Waals surface area contributed by atoms with Crippen molar-refractivity contribution in [1.29, 1.82) is 0 Å². The molecule has 0 unspecified atom stereocenters. The maximum absolute atomic E-state index is 12.5. The first kappa shape index (κ1) is 19.6. The van der Waals surface area contributed by atoms with Crippen molar-refractivity contribution in [1.82, 2.24) is 9.80 Å². The van der Waals surface area contributed by atoms with E-state index in [1.165, 1.54) is 11.8 Å². The molecule has 0 bridgehead atoms. The molecule has 0 spiro atoms. The maximum atomic E-state index is 12.5. The van der Waals surface area contributed by atoms with Crippen molar-refractivity contribution in [3.63, 3.8) is 0 Å². The molecule has 7 heteroatoms. The summed E-state index contributed by atoms with van der Waals surface area (Å²) < 4.78 is 5.67. The van der Waals surface area contributed by atoms with Crippen molar-refractivity contribution in [2.75, 3.05) is 33.8 Å². The predicted molar refractivity (Wildman–Crippen MR) is 105 cm³/mol. The summed E-state index contributed by atoms with van der Waals surface area (Å²) in [7, 11) is 3.85. The lowest BCUT2D eigenvalue weighted by Crippen LogP contribution is -2.29. The second-order valence-electron chi connectivity index (χ2n) is 5.87. The molecule has 1 aliphatic rings. The molecule has 1 fully saturated rings. The standard InChI is InChI=1S/C18H22N2O3S2/c1-19(2)11-12-23-16(21)9-6-10-20-17(22)15(25-18(20)24)13-14-7-4-3-5-8-14/h3-5,7-8,13H,6,9-12H2,1-2H3/b15-13-. The van der Waals surface area contributed by atoms with Crippen LogP contribution in [0.25, 0.3) is 6.08 Å². The van der Waals surface area contributed by atoms with E-state index in [4.69, 9.17) is 17.0 Å². The van der Waals surface area contributed by atoms with Gasteiger partial charge in [-0.1, -0.05) is 54.3 Å². The summed E-state index contributed by atoms with van der Waals surface area (Å²) in [4.78, 5) is 28.3. The van der Waals surface area contributed by atoms with Crippen LogP contribution in [0.4, 0.5) is 0 Å². The Bertz CT molecular complexity index is 660. The molecule has 1 aromatic rings. The van der Waals surface area contributed by atoms with Gasteiger partial charge in [-0.15, -0.1) is 0 Å². The summed E-state index contributed by atoms with van der Waals surface area (Å²) in [6.45, 7) is 1.51. The number of carbonyl (C=O) groups is 2. The summed E-state index contributed by atoms with van der Waals surface area (Å²) >= 11 is 6.59. The van der Waals surface area contributed by atoms with Gasteiger partial charge in [-0.05, 0) is 32.2 Å². The molecule has 25 heavy (non-hydrogen) atoms. The van der Waals surface area contributed by atoms with Crippen LogP contribution in [-0.4, -0.2) is 59.8 Å². The number of rotatable bonds is 8. The Morgan fingerprint density at radius 1 is 1.32 bits per heavy atom. The minimum Gasteiger partial charge on any atom is -0.464 e. The normalized spacial score (nSPS) is 16.1. The molecule has 1 saturated heterocycles. The highest BCUT2D eigenvalue weighted by molar-refractivity contribution is 8.26. The summed E-state index contributed by atoms with van der Waals surface area (Å²) in [5, 5.41) is 0. The van der Waals surface area contributed by atoms with Gasteiger partial charge in [-0.25, -0.2) is 0 Å². The number of hydrogen-bond acceptors (Lipinski definition) is 6. The van der Waals surface area contributed by atoms with Crippen LogP contribution in [0.1, 0.15) is 18.4 Å². The van der Waals surface area contributed by atoms with E-state index in [1.54, 1.807) is 4.90 Å². The number of esters is 1. The highest BCUT2D eigenvalue weighted by Crippen LogP contribution is 2.32. The van der Waals surface area contributed by atoms with Crippen molar-refractivity contribution in [3.8, 4) is 0 Å². The molecule has 1 aromatic carbocycles. The lowest BCUT2D eigenvalue weighted by molar-refractivity contribution is -0.144. The molecule has 134 valence electrons. The highest BCUT2D eigenvalue weighted by atomic mass is 32.2. The van der Waals surface area contributed by atoms with Crippen molar-refractivity contribution in [2.24, 2.45) is 0 Å². The first-order valence-corrected chi connectivity index (χ1v) is 9.30. The van der Waals surface area contributed by atoms with Gasteiger partial charge in [0, 0.05) is 19.5 Å². The van der Waals surface area contributed by atoms with Gasteiger partial charge in [0.15, 0.2) is 0 Å². The van der Waals surface area contributed by atoms with Crippen LogP contribution in [0.5, 0.6) is 0 Å². The van der Waals surface area contributed by atoms with Gasteiger partial charge in [0.2, 0.25) is 0 Å². The minimum absolute atomic E-state index is 0.0974. The molecule has 1 aliphatic heterocycles. The fraction of sp³-hybridized carbons (Fsp3) is 0.389. The van der Waals surface area contributed by atoms with Crippen molar-refractivity contribution in [3.05, 3.63) is 40.8 Å². The SMILES string of the molecule is CN(C)CCOC(=O)CCCN1C(=O)/C(=C/c2ccccc2)SC1=S. The average Bonchev–Trinajstić information content (AvgIpc) is 2.83. The van der Waals surface area contributed by atoms with E-state index in [1.807, 2.05) is 55.4 Å². The lowest BCUT2D eigenvalue weighted by atomic mass is 10.2. The zero-order valence-corrected chi connectivity index (χ0v) is 16.1. The number of hydrogen-bond donors (Lipinski definition) is 0. The third kappa shape index (κ3) is 6.26. The van der Waals surface area contributed by atoms with Gasteiger partial charge in [0.25, 0.3) is 5.91 Å². The van der Waals surface area contributed by atoms with E-state index in [0.717, 1.165) is 5.56 Å². The number of carbonyl (C=O) groups excluding carboxylic acids is 2. The lowest BCUT2D eigenvalue weighted by Gasteiger charge is -2.14. The van der Waals surface area contributed by atoms with E-state index in [2.05, 4.69) is 0 Å². The van der Waals surface area contributed by atoms with Gasteiger partial charge in [0.05, 0.1) is 4.91 Å². The largest absolute Gasteiger partial charge is 0.464 e. The maximum Gasteiger partial charge on any atom is 0.305 e. The number of thiocarbonyl (C=S) groups is 1. The van der Waals surface area contributed by atoms with Crippen LogP contribution in [0.3, 0.4) is 0 Å². The van der Waals surface area contributed by atoms with Crippen LogP contribution in [0.15, 0.2) is 35.2 Å². The summed E-state index contributed by atoms with van der Waals surface area (Å²) in [6.07, 6.45) is 2.66. The van der Waals surface area contributed by atoms with Gasteiger partial charge >= 0.3 is 5.97 Å². The van der Waals surface area contributed by atoms with Crippen molar-refractivity contribution in [2.45, 2.75) is 12.8 Å². The molecule has 0 radical (unpaired) electrons. The third-order valence-electron chi connectivity index (χ3n) is 3.54. The zero-order valence-electron chi connectivity index (χ0n) is 14.4. The second kappa shape index (κ2) is 9.70. The summed E-state index contributed by atoms with van der Waals surface area (Å²) in [5.74, 6) is -0.341. The Morgan fingerprint density at radius 3 is 2.72 bits per heavy atom. The molecular weight excluding hydrogens is 356 g/mol. The molecule has 0 atom stereocenters. The van der Waals surface area contributed by atoms with Crippen LogP contribution < -0.4 is 0 Å². The topological polar surface area (TPSA) is 49.9 Å². The monoisotopic (exact) mass is 378 g/mol. The highest BCUT2D eigenvalue weighted by Gasteiger charge is 2.31. The fourth-order valence-electron chi connectivity index (χ4n) is 2.19. The van der Waals surface area contributed by atoms with Crippen molar-refractivity contribution < 1.29 is 14.3 Å². The molecule has 0 aliphatic carbocycles. The van der Waals surface area contributed by atoms with Gasteiger partial charge in [-0.3, -0.25) is 14.5 Å². The van der Waals surface area contributed by atoms with E-state index in [0.29, 0.717) is 35.3 Å². The molecule has 1 heterocycles.